The Bertz CT molecular complexity index is 530. The first kappa shape index (κ1) is 13.5. The summed E-state index contributed by atoms with van der Waals surface area (Å²) < 4.78 is 0.909. The van der Waals surface area contributed by atoms with E-state index < -0.39 is 0 Å². The second-order valence-corrected chi connectivity index (χ2v) is 9.24. The van der Waals surface area contributed by atoms with Gasteiger partial charge >= 0.3 is 0 Å². The molecule has 1 aliphatic rings. The van der Waals surface area contributed by atoms with Crippen LogP contribution in [0.25, 0.3) is 0 Å². The number of alkyl halides is 1. The number of fused-ring (bicyclic) bond motifs is 1. The van der Waals surface area contributed by atoms with Crippen molar-refractivity contribution >= 4 is 62.0 Å². The van der Waals surface area contributed by atoms with E-state index in [0.29, 0.717) is 4.83 Å². The summed E-state index contributed by atoms with van der Waals surface area (Å²) in [6, 6.07) is 4.56. The zero-order chi connectivity index (χ0) is 12.7. The van der Waals surface area contributed by atoms with Gasteiger partial charge in [-0.05, 0) is 42.4 Å². The minimum absolute atomic E-state index is 0.300. The highest BCUT2D eigenvalue weighted by Gasteiger charge is 2.20. The molecule has 0 nitrogen and oxygen atoms in total. The highest BCUT2D eigenvalue weighted by molar-refractivity contribution is 9.09. The van der Waals surface area contributed by atoms with Gasteiger partial charge in [0.25, 0.3) is 0 Å². The van der Waals surface area contributed by atoms with Gasteiger partial charge in [-0.15, -0.1) is 22.7 Å². The third-order valence-corrected chi connectivity index (χ3v) is 8.55. The van der Waals surface area contributed by atoms with Gasteiger partial charge in [0.2, 0.25) is 0 Å². The average molecular weight is 380 g/mol. The van der Waals surface area contributed by atoms with Crippen LogP contribution in [0.3, 0.4) is 0 Å². The van der Waals surface area contributed by atoms with Crippen molar-refractivity contribution in [3.63, 3.8) is 0 Å². The third-order valence-electron chi connectivity index (χ3n) is 3.02. The maximum Gasteiger partial charge on any atom is 0.0960 e. The zero-order valence-corrected chi connectivity index (χ0v) is 14.6. The molecule has 0 amide bonds. The van der Waals surface area contributed by atoms with Crippen LogP contribution in [0.15, 0.2) is 12.1 Å². The molecule has 0 fully saturated rings. The van der Waals surface area contributed by atoms with Gasteiger partial charge in [0.05, 0.1) is 9.16 Å². The van der Waals surface area contributed by atoms with E-state index in [0.717, 1.165) is 4.34 Å². The van der Waals surface area contributed by atoms with Crippen molar-refractivity contribution in [3.8, 4) is 0 Å². The van der Waals surface area contributed by atoms with Crippen molar-refractivity contribution in [3.05, 3.63) is 42.2 Å². The highest BCUT2D eigenvalue weighted by atomic mass is 79.9. The normalized spacial score (nSPS) is 16.6. The first-order valence-corrected chi connectivity index (χ1v) is 9.82. The van der Waals surface area contributed by atoms with Crippen molar-refractivity contribution in [2.24, 2.45) is 0 Å². The van der Waals surface area contributed by atoms with E-state index in [-0.39, 0.29) is 0 Å². The Morgan fingerprint density at radius 1 is 1.28 bits per heavy atom. The van der Waals surface area contributed by atoms with Crippen molar-refractivity contribution in [1.82, 2.24) is 0 Å². The summed E-state index contributed by atoms with van der Waals surface area (Å²) in [5, 5.41) is 0. The molecule has 0 saturated heterocycles. The summed E-state index contributed by atoms with van der Waals surface area (Å²) >= 11 is 15.7. The molecule has 2 aromatic heterocycles. The van der Waals surface area contributed by atoms with Gasteiger partial charge in [0.15, 0.2) is 0 Å². The van der Waals surface area contributed by atoms with E-state index in [9.17, 15) is 0 Å². The number of thioether (sulfide) groups is 1. The smallest absolute Gasteiger partial charge is 0.0960 e. The number of rotatable bonds is 2. The van der Waals surface area contributed by atoms with Crippen molar-refractivity contribution in [2.75, 3.05) is 5.75 Å². The van der Waals surface area contributed by atoms with E-state index >= 15 is 0 Å². The molecule has 3 heterocycles. The minimum atomic E-state index is 0.300. The minimum Gasteiger partial charge on any atom is -0.157 e. The molecule has 96 valence electrons. The number of hydrogen-bond donors (Lipinski definition) is 0. The lowest BCUT2D eigenvalue weighted by molar-refractivity contribution is 1.13. The van der Waals surface area contributed by atoms with Gasteiger partial charge in [0.1, 0.15) is 0 Å². The van der Waals surface area contributed by atoms with Crippen molar-refractivity contribution in [1.29, 1.82) is 0 Å². The Labute approximate surface area is 133 Å². The predicted octanol–water partition coefficient (Wildman–Crippen LogP) is 6.05. The fraction of sp³-hybridized carbons (Fsp3) is 0.385. The molecule has 0 radical (unpaired) electrons. The fourth-order valence-corrected chi connectivity index (χ4v) is 6.53. The monoisotopic (exact) mass is 378 g/mol. The van der Waals surface area contributed by atoms with E-state index in [1.807, 2.05) is 23.1 Å². The number of halogens is 2. The molecular formula is C13H12BrClS3. The summed E-state index contributed by atoms with van der Waals surface area (Å²) in [5.41, 5.74) is 2.72. The number of hydrogen-bond acceptors (Lipinski definition) is 3. The van der Waals surface area contributed by atoms with E-state index in [2.05, 4.69) is 35.0 Å². The van der Waals surface area contributed by atoms with Crippen LogP contribution in [0.4, 0.5) is 0 Å². The molecule has 2 aromatic rings. The Balaban J connectivity index is 1.92. The van der Waals surface area contributed by atoms with Crippen LogP contribution in [0, 0.1) is 6.92 Å². The lowest BCUT2D eigenvalue weighted by Gasteiger charge is -2.08. The standard InChI is InChI=1S/C13H12BrClS3/c1-7-4-10(18-13(7)15)12(14)11-5-8-6-16-3-2-9(8)17-11/h4-5,12H,2-3,6H2,1H3. The van der Waals surface area contributed by atoms with Crippen LogP contribution in [-0.2, 0) is 12.2 Å². The lowest BCUT2D eigenvalue weighted by atomic mass is 10.2. The summed E-state index contributed by atoms with van der Waals surface area (Å²) in [4.78, 5) is 4.60. The first-order valence-electron chi connectivity index (χ1n) is 5.74. The topological polar surface area (TPSA) is 0 Å². The quantitative estimate of drug-likeness (QED) is 0.573. The van der Waals surface area contributed by atoms with Crippen LogP contribution in [0.2, 0.25) is 4.34 Å². The van der Waals surface area contributed by atoms with Gasteiger partial charge in [-0.1, -0.05) is 27.5 Å². The molecule has 1 aliphatic heterocycles. The van der Waals surface area contributed by atoms with Gasteiger partial charge < -0.3 is 0 Å². The second-order valence-electron chi connectivity index (χ2n) is 4.37. The largest absolute Gasteiger partial charge is 0.157 e. The second kappa shape index (κ2) is 5.49. The average Bonchev–Trinajstić information content (AvgIpc) is 2.93. The molecule has 1 unspecified atom stereocenters. The fourth-order valence-electron chi connectivity index (χ4n) is 2.04. The molecule has 0 aromatic carbocycles. The van der Waals surface area contributed by atoms with Crippen LogP contribution in [-0.4, -0.2) is 5.75 Å². The molecule has 0 saturated carbocycles. The van der Waals surface area contributed by atoms with Crippen LogP contribution < -0.4 is 0 Å². The SMILES string of the molecule is Cc1cc(C(Br)c2cc3c(s2)CCSC3)sc1Cl. The third kappa shape index (κ3) is 2.55. The zero-order valence-electron chi connectivity index (χ0n) is 9.83. The van der Waals surface area contributed by atoms with Crippen LogP contribution >= 0.6 is 62.0 Å². The molecule has 0 aliphatic carbocycles. The molecule has 5 heteroatoms. The molecule has 0 N–H and O–H groups in total. The Hall–Kier alpha value is 0.520. The van der Waals surface area contributed by atoms with Gasteiger partial charge in [0, 0.05) is 20.4 Å². The maximum atomic E-state index is 6.16. The maximum absolute atomic E-state index is 6.16. The molecule has 0 spiro atoms. The van der Waals surface area contributed by atoms with Crippen LogP contribution in [0.1, 0.15) is 30.6 Å². The molecule has 0 bridgehead atoms. The molecule has 3 rings (SSSR count). The Morgan fingerprint density at radius 2 is 2.06 bits per heavy atom. The Kier molecular flexibility index (Phi) is 4.12. The highest BCUT2D eigenvalue weighted by Crippen LogP contribution is 2.43. The van der Waals surface area contributed by atoms with Crippen molar-refractivity contribution in [2.45, 2.75) is 23.9 Å². The molecule has 18 heavy (non-hydrogen) atoms. The number of aryl methyl sites for hydroxylation is 2. The summed E-state index contributed by atoms with van der Waals surface area (Å²) in [7, 11) is 0. The Morgan fingerprint density at radius 3 is 2.72 bits per heavy atom. The van der Waals surface area contributed by atoms with Gasteiger partial charge in [-0.25, -0.2) is 0 Å². The van der Waals surface area contributed by atoms with E-state index in [4.69, 9.17) is 11.6 Å². The predicted molar refractivity (Wildman–Crippen MR) is 89.0 cm³/mol. The van der Waals surface area contributed by atoms with Gasteiger partial charge in [-0.2, -0.15) is 11.8 Å². The molecular weight excluding hydrogens is 368 g/mol. The lowest BCUT2D eigenvalue weighted by Crippen LogP contribution is -1.96. The van der Waals surface area contributed by atoms with Crippen molar-refractivity contribution < 1.29 is 0 Å². The van der Waals surface area contributed by atoms with Gasteiger partial charge in [-0.3, -0.25) is 0 Å². The van der Waals surface area contributed by atoms with E-state index in [1.165, 1.54) is 38.8 Å². The van der Waals surface area contributed by atoms with E-state index in [1.54, 1.807) is 16.2 Å². The summed E-state index contributed by atoms with van der Waals surface area (Å²) in [6.07, 6.45) is 1.23. The molecule has 1 atom stereocenters. The number of thiophene rings is 2. The summed E-state index contributed by atoms with van der Waals surface area (Å²) in [6.45, 7) is 2.07. The summed E-state index contributed by atoms with van der Waals surface area (Å²) in [5.74, 6) is 2.44. The van der Waals surface area contributed by atoms with Crippen LogP contribution in [0.5, 0.6) is 0 Å². The first-order chi connectivity index (χ1) is 8.65.